The SMILES string of the molecule is Cc1ccc(-n2c(-c3cnc(N4CCOCC4)cc3C)nc3ccncc32)nc1. The number of imidazole rings is 1. The molecule has 0 atom stereocenters. The second-order valence-electron chi connectivity index (χ2n) is 7.29. The molecule has 0 radical (unpaired) electrons. The molecule has 5 heterocycles. The molecule has 7 nitrogen and oxygen atoms in total. The van der Waals surface area contributed by atoms with E-state index in [0.29, 0.717) is 0 Å². The van der Waals surface area contributed by atoms with Crippen LogP contribution in [0.1, 0.15) is 11.1 Å². The van der Waals surface area contributed by atoms with Gasteiger partial charge in [-0.15, -0.1) is 0 Å². The van der Waals surface area contributed by atoms with Crippen LogP contribution in [0.15, 0.2) is 49.1 Å². The Morgan fingerprint density at radius 3 is 2.52 bits per heavy atom. The summed E-state index contributed by atoms with van der Waals surface area (Å²) in [6, 6.07) is 8.12. The van der Waals surface area contributed by atoms with Crippen molar-refractivity contribution < 1.29 is 4.74 Å². The summed E-state index contributed by atoms with van der Waals surface area (Å²) in [5, 5.41) is 0. The summed E-state index contributed by atoms with van der Waals surface area (Å²) in [6.07, 6.45) is 7.38. The number of nitrogens with zero attached hydrogens (tertiary/aromatic N) is 6. The van der Waals surface area contributed by atoms with Crippen LogP contribution in [0.5, 0.6) is 0 Å². The number of rotatable bonds is 3. The minimum Gasteiger partial charge on any atom is -0.378 e. The van der Waals surface area contributed by atoms with Crippen LogP contribution in [0, 0.1) is 13.8 Å². The Morgan fingerprint density at radius 1 is 0.931 bits per heavy atom. The van der Waals surface area contributed by atoms with Crippen molar-refractivity contribution in [1.82, 2.24) is 24.5 Å². The normalized spacial score (nSPS) is 14.5. The molecule has 1 aliphatic heterocycles. The first-order chi connectivity index (χ1) is 14.2. The standard InChI is InChI=1S/C22H22N6O/c1-15-3-4-20(24-12-15)28-19-14-23-6-5-18(19)26-22(28)17-13-25-21(11-16(17)2)27-7-9-29-10-8-27/h3-6,11-14H,7-10H2,1-2H3. The number of ether oxygens (including phenoxy) is 1. The topological polar surface area (TPSA) is 69.0 Å². The molecule has 5 rings (SSSR count). The van der Waals surface area contributed by atoms with Gasteiger partial charge in [0.05, 0.1) is 30.4 Å². The Bertz CT molecular complexity index is 1160. The lowest BCUT2D eigenvalue weighted by Gasteiger charge is -2.28. The average molecular weight is 386 g/mol. The Morgan fingerprint density at radius 2 is 1.76 bits per heavy atom. The first kappa shape index (κ1) is 17.8. The third-order valence-corrected chi connectivity index (χ3v) is 5.25. The van der Waals surface area contributed by atoms with Gasteiger partial charge in [0.15, 0.2) is 0 Å². The maximum absolute atomic E-state index is 5.46. The highest BCUT2D eigenvalue weighted by Crippen LogP contribution is 2.30. The van der Waals surface area contributed by atoms with Crippen molar-refractivity contribution in [3.05, 3.63) is 60.2 Å². The summed E-state index contributed by atoms with van der Waals surface area (Å²) in [7, 11) is 0. The van der Waals surface area contributed by atoms with Crippen LogP contribution in [0.3, 0.4) is 0 Å². The molecule has 0 saturated carbocycles. The largest absolute Gasteiger partial charge is 0.378 e. The van der Waals surface area contributed by atoms with Gasteiger partial charge in [-0.25, -0.2) is 15.0 Å². The lowest BCUT2D eigenvalue weighted by Crippen LogP contribution is -2.36. The third kappa shape index (κ3) is 3.23. The van der Waals surface area contributed by atoms with E-state index in [4.69, 9.17) is 14.7 Å². The molecule has 4 aromatic heterocycles. The molecule has 1 saturated heterocycles. The zero-order valence-corrected chi connectivity index (χ0v) is 16.5. The fraction of sp³-hybridized carbons (Fsp3) is 0.273. The number of pyridine rings is 3. The van der Waals surface area contributed by atoms with Crippen molar-refractivity contribution in [2.24, 2.45) is 0 Å². The number of aromatic nitrogens is 5. The smallest absolute Gasteiger partial charge is 0.148 e. The van der Waals surface area contributed by atoms with E-state index in [9.17, 15) is 0 Å². The van der Waals surface area contributed by atoms with Gasteiger partial charge in [0, 0.05) is 37.2 Å². The predicted octanol–water partition coefficient (Wildman–Crippen LogP) is 3.33. The van der Waals surface area contributed by atoms with Crippen molar-refractivity contribution in [2.45, 2.75) is 13.8 Å². The molecule has 0 aliphatic carbocycles. The number of fused-ring (bicyclic) bond motifs is 1. The highest BCUT2D eigenvalue weighted by Gasteiger charge is 2.19. The molecule has 4 aromatic rings. The summed E-state index contributed by atoms with van der Waals surface area (Å²) in [4.78, 5) is 20.8. The number of morpholine rings is 1. The Balaban J connectivity index is 1.65. The fourth-order valence-corrected chi connectivity index (χ4v) is 3.67. The molecule has 7 heteroatoms. The second-order valence-corrected chi connectivity index (χ2v) is 7.29. The van der Waals surface area contributed by atoms with E-state index in [1.165, 1.54) is 0 Å². The number of aryl methyl sites for hydroxylation is 2. The zero-order valence-electron chi connectivity index (χ0n) is 16.5. The molecule has 0 aromatic carbocycles. The van der Waals surface area contributed by atoms with Crippen LogP contribution in [-0.4, -0.2) is 50.8 Å². The van der Waals surface area contributed by atoms with Gasteiger partial charge >= 0.3 is 0 Å². The second kappa shape index (κ2) is 7.25. The van der Waals surface area contributed by atoms with Gasteiger partial charge in [-0.2, -0.15) is 0 Å². The molecular weight excluding hydrogens is 364 g/mol. The van der Waals surface area contributed by atoms with E-state index in [2.05, 4.69) is 38.5 Å². The zero-order chi connectivity index (χ0) is 19.8. The summed E-state index contributed by atoms with van der Waals surface area (Å²) in [5.74, 6) is 2.62. The molecule has 29 heavy (non-hydrogen) atoms. The number of anilines is 1. The van der Waals surface area contributed by atoms with Gasteiger partial charge < -0.3 is 9.64 Å². The summed E-state index contributed by atoms with van der Waals surface area (Å²) < 4.78 is 7.51. The molecule has 0 amide bonds. The van der Waals surface area contributed by atoms with E-state index in [-0.39, 0.29) is 0 Å². The van der Waals surface area contributed by atoms with Crippen LogP contribution < -0.4 is 4.90 Å². The minimum absolute atomic E-state index is 0.740. The molecule has 1 fully saturated rings. The Labute approximate surface area is 169 Å². The number of hydrogen-bond donors (Lipinski definition) is 0. The van der Waals surface area contributed by atoms with Crippen molar-refractivity contribution >= 4 is 16.9 Å². The fourth-order valence-electron chi connectivity index (χ4n) is 3.67. The van der Waals surface area contributed by atoms with Gasteiger partial charge in [-0.3, -0.25) is 9.55 Å². The molecule has 0 unspecified atom stereocenters. The van der Waals surface area contributed by atoms with Gasteiger partial charge in [0.25, 0.3) is 0 Å². The van der Waals surface area contributed by atoms with Crippen LogP contribution in [0.2, 0.25) is 0 Å². The van der Waals surface area contributed by atoms with Gasteiger partial charge in [0.1, 0.15) is 17.5 Å². The molecule has 146 valence electrons. The predicted molar refractivity (Wildman–Crippen MR) is 112 cm³/mol. The van der Waals surface area contributed by atoms with Crippen LogP contribution in [-0.2, 0) is 4.74 Å². The number of hydrogen-bond acceptors (Lipinski definition) is 6. The molecule has 0 bridgehead atoms. The van der Waals surface area contributed by atoms with Crippen molar-refractivity contribution in [3.8, 4) is 17.2 Å². The van der Waals surface area contributed by atoms with E-state index in [1.54, 1.807) is 6.20 Å². The van der Waals surface area contributed by atoms with Gasteiger partial charge in [0.2, 0.25) is 0 Å². The van der Waals surface area contributed by atoms with E-state index >= 15 is 0 Å². The molecule has 0 N–H and O–H groups in total. The van der Waals surface area contributed by atoms with Crippen molar-refractivity contribution in [3.63, 3.8) is 0 Å². The first-order valence-electron chi connectivity index (χ1n) is 9.76. The van der Waals surface area contributed by atoms with Crippen molar-refractivity contribution in [1.29, 1.82) is 0 Å². The van der Waals surface area contributed by atoms with Gasteiger partial charge in [-0.05, 0) is 43.2 Å². The van der Waals surface area contributed by atoms with Crippen LogP contribution in [0.25, 0.3) is 28.2 Å². The first-order valence-corrected chi connectivity index (χ1v) is 9.76. The monoisotopic (exact) mass is 386 g/mol. The lowest BCUT2D eigenvalue weighted by molar-refractivity contribution is 0.122. The van der Waals surface area contributed by atoms with Crippen molar-refractivity contribution in [2.75, 3.05) is 31.2 Å². The Hall–Kier alpha value is -3.32. The average Bonchev–Trinajstić information content (AvgIpc) is 3.14. The molecular formula is C22H22N6O. The van der Waals surface area contributed by atoms with Gasteiger partial charge in [-0.1, -0.05) is 6.07 Å². The lowest BCUT2D eigenvalue weighted by atomic mass is 10.1. The summed E-state index contributed by atoms with van der Waals surface area (Å²) >= 11 is 0. The molecule has 0 spiro atoms. The summed E-state index contributed by atoms with van der Waals surface area (Å²) in [6.45, 7) is 7.34. The summed E-state index contributed by atoms with van der Waals surface area (Å²) in [5.41, 5.74) is 5.04. The highest BCUT2D eigenvalue weighted by atomic mass is 16.5. The van der Waals surface area contributed by atoms with E-state index in [0.717, 1.165) is 71.5 Å². The maximum Gasteiger partial charge on any atom is 0.148 e. The highest BCUT2D eigenvalue weighted by molar-refractivity contribution is 5.82. The Kier molecular flexibility index (Phi) is 4.44. The van der Waals surface area contributed by atoms with E-state index < -0.39 is 0 Å². The van der Waals surface area contributed by atoms with Crippen LogP contribution in [0.4, 0.5) is 5.82 Å². The quantitative estimate of drug-likeness (QED) is 0.538. The maximum atomic E-state index is 5.46. The van der Waals surface area contributed by atoms with E-state index in [1.807, 2.05) is 37.6 Å². The third-order valence-electron chi connectivity index (χ3n) is 5.25. The molecule has 1 aliphatic rings. The van der Waals surface area contributed by atoms with Crippen LogP contribution >= 0.6 is 0 Å². The minimum atomic E-state index is 0.740.